The molecule has 0 unspecified atom stereocenters. The summed E-state index contributed by atoms with van der Waals surface area (Å²) >= 11 is 0. The summed E-state index contributed by atoms with van der Waals surface area (Å²) in [6.07, 6.45) is -0.990. The molecule has 0 aliphatic heterocycles. The van der Waals surface area contributed by atoms with E-state index in [-0.39, 0.29) is 0 Å². The van der Waals surface area contributed by atoms with E-state index in [4.69, 9.17) is 0 Å². The van der Waals surface area contributed by atoms with E-state index < -0.39 is 46.8 Å². The predicted octanol–water partition coefficient (Wildman–Crippen LogP) is -0.757. The zero-order valence-electron chi connectivity index (χ0n) is 8.05. The fourth-order valence-electron chi connectivity index (χ4n) is 0.652. The lowest BCUT2D eigenvalue weighted by Crippen LogP contribution is -2.53. The monoisotopic (exact) mass is 284 g/mol. The first kappa shape index (κ1) is 16.0. The van der Waals surface area contributed by atoms with Crippen LogP contribution in [0.25, 0.3) is 0 Å². The van der Waals surface area contributed by atoms with Crippen LogP contribution in [0.2, 0.25) is 0 Å². The Labute approximate surface area is 92.7 Å². The first-order chi connectivity index (χ1) is 7.48. The van der Waals surface area contributed by atoms with E-state index in [1.54, 1.807) is 0 Å². The lowest BCUT2D eigenvalue weighted by Gasteiger charge is -2.23. The molecule has 0 saturated carbocycles. The maximum Gasteiger partial charge on any atom is 0.423 e. The zero-order chi connectivity index (χ0) is 13.9. The summed E-state index contributed by atoms with van der Waals surface area (Å²) < 4.78 is 84.1. The lowest BCUT2D eigenvalue weighted by atomic mass is 10.4. The van der Waals surface area contributed by atoms with Gasteiger partial charge in [-0.15, -0.1) is 0 Å². The van der Waals surface area contributed by atoms with Gasteiger partial charge in [-0.25, -0.2) is 17.5 Å². The summed E-state index contributed by atoms with van der Waals surface area (Å²) in [5.41, 5.74) is 0. The summed E-state index contributed by atoms with van der Waals surface area (Å²) in [6.45, 7) is -3.94. The van der Waals surface area contributed by atoms with Crippen molar-refractivity contribution in [3.63, 3.8) is 0 Å². The smallest absolute Gasteiger partial charge is 0.423 e. The molecule has 11 heteroatoms. The molecule has 0 aliphatic carbocycles. The summed E-state index contributed by atoms with van der Waals surface area (Å²) in [7, 11) is -5.89. The Morgan fingerprint density at radius 1 is 1.24 bits per heavy atom. The molecule has 5 nitrogen and oxygen atoms in total. The van der Waals surface area contributed by atoms with Crippen molar-refractivity contribution >= 4 is 16.0 Å². The number of hydrogen-bond donors (Lipinski definition) is 1. The van der Waals surface area contributed by atoms with Crippen molar-refractivity contribution in [2.24, 2.45) is 0 Å². The molecule has 0 aliphatic rings. The van der Waals surface area contributed by atoms with Crippen LogP contribution < -0.4 is 9.83 Å². The molecule has 0 saturated heterocycles. The van der Waals surface area contributed by atoms with Crippen LogP contribution in [0.1, 0.15) is 6.42 Å². The van der Waals surface area contributed by atoms with Crippen molar-refractivity contribution in [2.75, 3.05) is 13.2 Å². The van der Waals surface area contributed by atoms with Gasteiger partial charge in [0.25, 0.3) is 10.0 Å². The number of carbonyl (C=O) groups is 1. The molecule has 102 valence electrons. The van der Waals surface area contributed by atoms with Crippen LogP contribution in [-0.4, -0.2) is 38.8 Å². The number of alkyl halides is 5. The number of hydrogen-bond acceptors (Lipinski definition) is 4. The SMILES string of the molecule is O=C([O-])CCNS(=O)(=O)C(F)(F)C(F)(F)CF. The van der Waals surface area contributed by atoms with Crippen LogP contribution in [0.3, 0.4) is 0 Å². The number of sulfonamides is 1. The molecule has 0 heterocycles. The van der Waals surface area contributed by atoms with Gasteiger partial charge in [-0.05, 0) is 0 Å². The Hall–Kier alpha value is -0.970. The Morgan fingerprint density at radius 2 is 1.71 bits per heavy atom. The largest absolute Gasteiger partial charge is 0.550 e. The van der Waals surface area contributed by atoms with Crippen LogP contribution in [0.4, 0.5) is 22.0 Å². The highest BCUT2D eigenvalue weighted by Crippen LogP contribution is 2.38. The highest BCUT2D eigenvalue weighted by molar-refractivity contribution is 7.90. The summed E-state index contributed by atoms with van der Waals surface area (Å²) in [4.78, 5) is 9.85. The number of carboxylic acid groups (broad SMARTS) is 1. The van der Waals surface area contributed by atoms with Crippen LogP contribution in [0.5, 0.6) is 0 Å². The molecule has 0 amide bonds. The normalized spacial score (nSPS) is 13.7. The second-order valence-corrected chi connectivity index (χ2v) is 4.68. The molecule has 0 fully saturated rings. The molecule has 0 spiro atoms. The number of nitrogens with one attached hydrogen (secondary N) is 1. The summed E-state index contributed by atoms with van der Waals surface area (Å²) in [5.74, 6) is -7.17. The zero-order valence-corrected chi connectivity index (χ0v) is 8.87. The van der Waals surface area contributed by atoms with Gasteiger partial charge in [0.15, 0.2) is 6.67 Å². The maximum absolute atomic E-state index is 12.7. The highest BCUT2D eigenvalue weighted by Gasteiger charge is 2.65. The van der Waals surface area contributed by atoms with Gasteiger partial charge < -0.3 is 9.90 Å². The number of carbonyl (C=O) groups excluding carboxylic acids is 1. The first-order valence-corrected chi connectivity index (χ1v) is 5.47. The minimum absolute atomic E-state index is 0.926. The second-order valence-electron chi connectivity index (χ2n) is 2.87. The van der Waals surface area contributed by atoms with Crippen LogP contribution >= 0.6 is 0 Å². The van der Waals surface area contributed by atoms with E-state index in [1.165, 1.54) is 0 Å². The van der Waals surface area contributed by atoms with E-state index >= 15 is 0 Å². The molecule has 0 rings (SSSR count). The highest BCUT2D eigenvalue weighted by atomic mass is 32.2. The Balaban J connectivity index is 4.87. The standard InChI is InChI=1S/C6H8F5NO4S/c7-3-5(8,9)6(10,11)17(15,16)12-2-1-4(13)14/h12H,1-3H2,(H,13,14)/p-1. The lowest BCUT2D eigenvalue weighted by molar-refractivity contribution is -0.305. The molecular weight excluding hydrogens is 277 g/mol. The molecule has 1 N–H and O–H groups in total. The third kappa shape index (κ3) is 3.49. The van der Waals surface area contributed by atoms with E-state index in [0.717, 1.165) is 4.72 Å². The third-order valence-corrected chi connectivity index (χ3v) is 3.11. The average molecular weight is 284 g/mol. The van der Waals surface area contributed by atoms with Gasteiger partial charge in [0, 0.05) is 18.9 Å². The van der Waals surface area contributed by atoms with Crippen LogP contribution in [0.15, 0.2) is 0 Å². The third-order valence-electron chi connectivity index (χ3n) is 1.55. The maximum atomic E-state index is 12.7. The van der Waals surface area contributed by atoms with Gasteiger partial charge in [0.1, 0.15) is 0 Å². The summed E-state index contributed by atoms with van der Waals surface area (Å²) in [6, 6.07) is 0. The van der Waals surface area contributed by atoms with Gasteiger partial charge >= 0.3 is 11.2 Å². The molecule has 0 atom stereocenters. The van der Waals surface area contributed by atoms with Gasteiger partial charge in [-0.3, -0.25) is 0 Å². The Bertz CT molecular complexity index is 382. The van der Waals surface area contributed by atoms with E-state index in [1.807, 2.05) is 0 Å². The van der Waals surface area contributed by atoms with E-state index in [2.05, 4.69) is 0 Å². The Morgan fingerprint density at radius 3 is 2.06 bits per heavy atom. The van der Waals surface area contributed by atoms with E-state index in [9.17, 15) is 40.3 Å². The molecule has 0 aromatic heterocycles. The van der Waals surface area contributed by atoms with Crippen molar-refractivity contribution in [1.29, 1.82) is 0 Å². The molecule has 0 aromatic carbocycles. The van der Waals surface area contributed by atoms with E-state index in [0.29, 0.717) is 0 Å². The molecular formula is C6H7F5NO4S-. The van der Waals surface area contributed by atoms with Crippen molar-refractivity contribution in [1.82, 2.24) is 4.72 Å². The number of rotatable bonds is 7. The number of halogens is 5. The minimum Gasteiger partial charge on any atom is -0.550 e. The van der Waals surface area contributed by atoms with Crippen molar-refractivity contribution in [3.05, 3.63) is 0 Å². The Kier molecular flexibility index (Phi) is 4.83. The minimum atomic E-state index is -5.89. The topological polar surface area (TPSA) is 86.3 Å². The van der Waals surface area contributed by atoms with Crippen LogP contribution in [0, 0.1) is 0 Å². The summed E-state index contributed by atoms with van der Waals surface area (Å²) in [5, 5.41) is 4.17. The fraction of sp³-hybridized carbons (Fsp3) is 0.833. The van der Waals surface area contributed by atoms with Gasteiger partial charge in [-0.1, -0.05) is 0 Å². The quantitative estimate of drug-likeness (QED) is 0.623. The van der Waals surface area contributed by atoms with Crippen LogP contribution in [-0.2, 0) is 14.8 Å². The van der Waals surface area contributed by atoms with Crippen molar-refractivity contribution in [3.8, 4) is 0 Å². The average Bonchev–Trinajstić information content (AvgIpc) is 2.16. The first-order valence-electron chi connectivity index (χ1n) is 3.98. The molecule has 0 radical (unpaired) electrons. The second kappa shape index (κ2) is 5.12. The van der Waals surface area contributed by atoms with Gasteiger partial charge in [0.05, 0.1) is 0 Å². The fourth-order valence-corrected chi connectivity index (χ4v) is 1.65. The predicted molar refractivity (Wildman–Crippen MR) is 42.4 cm³/mol. The van der Waals surface area contributed by atoms with Crippen molar-refractivity contribution in [2.45, 2.75) is 17.6 Å². The number of aliphatic carboxylic acids is 1. The van der Waals surface area contributed by atoms with Crippen molar-refractivity contribution < 1.29 is 40.3 Å². The van der Waals surface area contributed by atoms with Gasteiger partial charge in [0.2, 0.25) is 0 Å². The molecule has 0 bridgehead atoms. The number of carboxylic acids is 1. The molecule has 17 heavy (non-hydrogen) atoms. The molecule has 0 aromatic rings. The van der Waals surface area contributed by atoms with Gasteiger partial charge in [-0.2, -0.15) is 17.6 Å².